The first-order chi connectivity index (χ1) is 7.75. The minimum Gasteiger partial charge on any atom is -0.370 e. The third kappa shape index (κ3) is 1.54. The lowest BCUT2D eigenvalue weighted by molar-refractivity contribution is 0.614. The van der Waals surface area contributed by atoms with Crippen molar-refractivity contribution in [1.82, 2.24) is 0 Å². The average molecular weight is 219 g/mol. The Morgan fingerprint density at radius 3 is 2.88 bits per heavy atom. The monoisotopic (exact) mass is 219 g/mol. The Labute approximate surface area is 93.8 Å². The molecule has 84 valence electrons. The van der Waals surface area contributed by atoms with E-state index in [1.165, 1.54) is 25.0 Å². The van der Waals surface area contributed by atoms with Crippen molar-refractivity contribution < 1.29 is 4.39 Å². The van der Waals surface area contributed by atoms with Gasteiger partial charge in [0.1, 0.15) is 5.82 Å². The zero-order valence-electron chi connectivity index (χ0n) is 8.94. The highest BCUT2D eigenvalue weighted by atomic mass is 19.1. The number of anilines is 1. The van der Waals surface area contributed by atoms with Crippen LogP contribution in [-0.4, -0.2) is 18.5 Å². The van der Waals surface area contributed by atoms with E-state index in [0.29, 0.717) is 17.9 Å². The van der Waals surface area contributed by atoms with Gasteiger partial charge in [0.05, 0.1) is 12.6 Å². The zero-order valence-corrected chi connectivity index (χ0v) is 8.94. The molecule has 0 radical (unpaired) electrons. The van der Waals surface area contributed by atoms with E-state index in [-0.39, 0.29) is 5.82 Å². The molecule has 0 saturated heterocycles. The number of guanidine groups is 1. The molecule has 2 N–H and O–H groups in total. The third-order valence-electron chi connectivity index (χ3n) is 3.27. The summed E-state index contributed by atoms with van der Waals surface area (Å²) in [6, 6.07) is 6.89. The minimum absolute atomic E-state index is 0.230. The van der Waals surface area contributed by atoms with E-state index >= 15 is 0 Å². The Hall–Kier alpha value is -1.58. The van der Waals surface area contributed by atoms with Crippen LogP contribution in [0.1, 0.15) is 12.8 Å². The molecule has 1 atom stereocenters. The maximum atomic E-state index is 13.2. The molecule has 2 aliphatic rings. The predicted octanol–water partition coefficient (Wildman–Crippen LogP) is 1.74. The summed E-state index contributed by atoms with van der Waals surface area (Å²) in [4.78, 5) is 6.24. The zero-order chi connectivity index (χ0) is 11.1. The van der Waals surface area contributed by atoms with Crippen molar-refractivity contribution in [2.45, 2.75) is 18.9 Å². The SMILES string of the molecule is NC1=NCC(C2CC2)N1c1cccc(F)c1. The van der Waals surface area contributed by atoms with Crippen LogP contribution < -0.4 is 10.6 Å². The molecule has 1 aromatic carbocycles. The molecule has 3 nitrogen and oxygen atoms in total. The predicted molar refractivity (Wildman–Crippen MR) is 61.9 cm³/mol. The molecular weight excluding hydrogens is 205 g/mol. The smallest absolute Gasteiger partial charge is 0.196 e. The van der Waals surface area contributed by atoms with Gasteiger partial charge in [-0.3, -0.25) is 4.99 Å². The van der Waals surface area contributed by atoms with Crippen LogP contribution in [0.5, 0.6) is 0 Å². The number of benzene rings is 1. The third-order valence-corrected chi connectivity index (χ3v) is 3.27. The van der Waals surface area contributed by atoms with Gasteiger partial charge in [-0.1, -0.05) is 6.07 Å². The van der Waals surface area contributed by atoms with Crippen LogP contribution in [0.25, 0.3) is 0 Å². The van der Waals surface area contributed by atoms with Gasteiger partial charge in [-0.2, -0.15) is 0 Å². The van der Waals surface area contributed by atoms with E-state index < -0.39 is 0 Å². The minimum atomic E-state index is -0.230. The number of aliphatic imine (C=N–C) groups is 1. The molecule has 4 heteroatoms. The van der Waals surface area contributed by atoms with Crippen molar-refractivity contribution in [3.8, 4) is 0 Å². The van der Waals surface area contributed by atoms with E-state index in [1.54, 1.807) is 6.07 Å². The first kappa shape index (κ1) is 9.63. The molecule has 1 aliphatic carbocycles. The maximum absolute atomic E-state index is 13.2. The van der Waals surface area contributed by atoms with Crippen LogP contribution >= 0.6 is 0 Å². The summed E-state index contributed by atoms with van der Waals surface area (Å²) >= 11 is 0. The van der Waals surface area contributed by atoms with Gasteiger partial charge in [-0.05, 0) is 37.0 Å². The standard InChI is InChI=1S/C12H14FN3/c13-9-2-1-3-10(6-9)16-11(8-4-5-8)7-15-12(16)14/h1-3,6,8,11H,4-5,7H2,(H2,14,15). The Bertz CT molecular complexity index is 440. The Morgan fingerprint density at radius 2 is 2.19 bits per heavy atom. The molecule has 1 fully saturated rings. The first-order valence-electron chi connectivity index (χ1n) is 5.60. The second-order valence-corrected chi connectivity index (χ2v) is 4.45. The number of nitrogens with two attached hydrogens (primary N) is 1. The lowest BCUT2D eigenvalue weighted by Gasteiger charge is -2.26. The van der Waals surface area contributed by atoms with E-state index in [4.69, 9.17) is 5.73 Å². The Balaban J connectivity index is 1.93. The number of rotatable bonds is 2. The van der Waals surface area contributed by atoms with Gasteiger partial charge in [-0.15, -0.1) is 0 Å². The fourth-order valence-electron chi connectivity index (χ4n) is 2.31. The topological polar surface area (TPSA) is 41.6 Å². The lowest BCUT2D eigenvalue weighted by atomic mass is 10.1. The van der Waals surface area contributed by atoms with Crippen LogP contribution in [0.2, 0.25) is 0 Å². The fourth-order valence-corrected chi connectivity index (χ4v) is 2.31. The van der Waals surface area contributed by atoms with Crippen LogP contribution in [0.3, 0.4) is 0 Å². The number of hydrogen-bond acceptors (Lipinski definition) is 3. The normalized spacial score (nSPS) is 24.7. The van der Waals surface area contributed by atoms with Gasteiger partial charge in [-0.25, -0.2) is 4.39 Å². The first-order valence-corrected chi connectivity index (χ1v) is 5.60. The van der Waals surface area contributed by atoms with E-state index in [0.717, 1.165) is 12.2 Å². The van der Waals surface area contributed by atoms with Crippen LogP contribution in [-0.2, 0) is 0 Å². The summed E-state index contributed by atoms with van der Waals surface area (Å²) in [5, 5.41) is 0. The summed E-state index contributed by atoms with van der Waals surface area (Å²) in [5.74, 6) is 0.960. The molecule has 16 heavy (non-hydrogen) atoms. The van der Waals surface area contributed by atoms with E-state index in [9.17, 15) is 4.39 Å². The second kappa shape index (κ2) is 3.47. The Kier molecular flexibility index (Phi) is 2.09. The molecule has 1 saturated carbocycles. The number of hydrogen-bond donors (Lipinski definition) is 1. The highest BCUT2D eigenvalue weighted by Gasteiger charge is 2.39. The highest BCUT2D eigenvalue weighted by molar-refractivity contribution is 5.97. The molecular formula is C12H14FN3. The average Bonchev–Trinajstić information content (AvgIpc) is 3.02. The van der Waals surface area contributed by atoms with Crippen molar-refractivity contribution in [1.29, 1.82) is 0 Å². The van der Waals surface area contributed by atoms with Gasteiger partial charge in [0.2, 0.25) is 0 Å². The van der Waals surface area contributed by atoms with Gasteiger partial charge in [0.15, 0.2) is 5.96 Å². The van der Waals surface area contributed by atoms with Gasteiger partial charge < -0.3 is 10.6 Å². The molecule has 3 rings (SSSR count). The molecule has 1 aliphatic heterocycles. The van der Waals surface area contributed by atoms with Gasteiger partial charge in [0, 0.05) is 5.69 Å². The summed E-state index contributed by atoms with van der Waals surface area (Å²) in [6.45, 7) is 0.743. The largest absolute Gasteiger partial charge is 0.370 e. The maximum Gasteiger partial charge on any atom is 0.196 e. The number of halogens is 1. The molecule has 0 aromatic heterocycles. The van der Waals surface area contributed by atoms with Gasteiger partial charge >= 0.3 is 0 Å². The van der Waals surface area contributed by atoms with Crippen molar-refractivity contribution in [3.63, 3.8) is 0 Å². The molecule has 1 aromatic rings. The van der Waals surface area contributed by atoms with E-state index in [2.05, 4.69) is 4.99 Å². The van der Waals surface area contributed by atoms with Gasteiger partial charge in [0.25, 0.3) is 0 Å². The van der Waals surface area contributed by atoms with Crippen LogP contribution in [0, 0.1) is 11.7 Å². The molecule has 0 spiro atoms. The van der Waals surface area contributed by atoms with Crippen LogP contribution in [0.4, 0.5) is 10.1 Å². The second-order valence-electron chi connectivity index (χ2n) is 4.45. The molecule has 1 unspecified atom stereocenters. The Morgan fingerprint density at radius 1 is 1.38 bits per heavy atom. The molecule has 1 heterocycles. The fraction of sp³-hybridized carbons (Fsp3) is 0.417. The number of nitrogens with zero attached hydrogens (tertiary/aromatic N) is 2. The molecule has 0 amide bonds. The summed E-state index contributed by atoms with van der Waals surface area (Å²) in [6.07, 6.45) is 2.47. The van der Waals surface area contributed by atoms with Crippen molar-refractivity contribution >= 4 is 11.6 Å². The summed E-state index contributed by atoms with van der Waals surface area (Å²) in [5.41, 5.74) is 6.69. The van der Waals surface area contributed by atoms with Crippen LogP contribution in [0.15, 0.2) is 29.3 Å². The van der Waals surface area contributed by atoms with Crippen molar-refractivity contribution in [3.05, 3.63) is 30.1 Å². The highest BCUT2D eigenvalue weighted by Crippen LogP contribution is 2.38. The van der Waals surface area contributed by atoms with Crippen molar-refractivity contribution in [2.24, 2.45) is 16.6 Å². The van der Waals surface area contributed by atoms with Crippen molar-refractivity contribution in [2.75, 3.05) is 11.4 Å². The quantitative estimate of drug-likeness (QED) is 0.823. The summed E-state index contributed by atoms with van der Waals surface area (Å²) < 4.78 is 13.2. The molecule has 0 bridgehead atoms. The lowest BCUT2D eigenvalue weighted by Crippen LogP contribution is -2.42. The van der Waals surface area contributed by atoms with E-state index in [1.807, 2.05) is 11.0 Å². The summed E-state index contributed by atoms with van der Waals surface area (Å²) in [7, 11) is 0.